The Kier molecular flexibility index (Phi) is 5.10. The first-order valence-corrected chi connectivity index (χ1v) is 9.98. The molecule has 1 aromatic heterocycles. The van der Waals surface area contributed by atoms with E-state index in [9.17, 15) is 13.2 Å². The molecular weight excluding hydrogens is 366 g/mol. The Labute approximate surface area is 150 Å². The van der Waals surface area contributed by atoms with Crippen LogP contribution >= 0.6 is 11.6 Å². The number of benzene rings is 1. The molecule has 0 spiro atoms. The molecule has 9 heteroatoms. The third-order valence-electron chi connectivity index (χ3n) is 4.19. The van der Waals surface area contributed by atoms with Gasteiger partial charge in [0.05, 0.1) is 0 Å². The van der Waals surface area contributed by atoms with Crippen molar-refractivity contribution in [2.75, 3.05) is 18.8 Å². The Bertz CT molecular complexity index is 873. The van der Waals surface area contributed by atoms with E-state index in [0.717, 1.165) is 12.8 Å². The van der Waals surface area contributed by atoms with Gasteiger partial charge in [-0.3, -0.25) is 4.79 Å². The summed E-state index contributed by atoms with van der Waals surface area (Å²) in [5.74, 6) is -0.509. The average molecular weight is 384 g/mol. The Hall–Kier alpha value is -1.93. The van der Waals surface area contributed by atoms with Crippen LogP contribution in [0.15, 0.2) is 33.9 Å². The van der Waals surface area contributed by atoms with E-state index in [4.69, 9.17) is 16.0 Å². The van der Waals surface area contributed by atoms with Gasteiger partial charge < -0.3 is 9.32 Å². The molecule has 1 fully saturated rings. The SMILES string of the molecule is CC1CCN(C(=O)CS(=O)(=O)c2nnc(-c3cccc(Cl)c3)o2)CC1. The summed E-state index contributed by atoms with van der Waals surface area (Å²) in [6.07, 6.45) is 1.76. The number of piperidine rings is 1. The summed E-state index contributed by atoms with van der Waals surface area (Å²) in [6, 6.07) is 6.63. The number of hydrogen-bond donors (Lipinski definition) is 0. The number of halogens is 1. The van der Waals surface area contributed by atoms with E-state index < -0.39 is 26.7 Å². The van der Waals surface area contributed by atoms with E-state index in [1.54, 1.807) is 29.2 Å². The number of amides is 1. The van der Waals surface area contributed by atoms with Crippen LogP contribution in [0.4, 0.5) is 0 Å². The van der Waals surface area contributed by atoms with Crippen molar-refractivity contribution < 1.29 is 17.6 Å². The third-order valence-corrected chi connectivity index (χ3v) is 5.75. The van der Waals surface area contributed by atoms with Crippen molar-refractivity contribution in [3.8, 4) is 11.5 Å². The maximum Gasteiger partial charge on any atom is 0.336 e. The smallest absolute Gasteiger partial charge is 0.336 e. The van der Waals surface area contributed by atoms with Gasteiger partial charge in [0.2, 0.25) is 21.6 Å². The first-order chi connectivity index (χ1) is 11.8. The van der Waals surface area contributed by atoms with Gasteiger partial charge in [-0.2, -0.15) is 0 Å². The van der Waals surface area contributed by atoms with E-state index in [1.165, 1.54) is 0 Å². The van der Waals surface area contributed by atoms with Crippen LogP contribution < -0.4 is 0 Å². The molecule has 1 aromatic carbocycles. The highest BCUT2D eigenvalue weighted by Gasteiger charge is 2.30. The fourth-order valence-electron chi connectivity index (χ4n) is 2.65. The van der Waals surface area contributed by atoms with E-state index in [0.29, 0.717) is 29.6 Å². The topological polar surface area (TPSA) is 93.4 Å². The summed E-state index contributed by atoms with van der Waals surface area (Å²) in [4.78, 5) is 13.8. The van der Waals surface area contributed by atoms with Gasteiger partial charge in [0.15, 0.2) is 0 Å². The van der Waals surface area contributed by atoms with Crippen LogP contribution in [0.5, 0.6) is 0 Å². The van der Waals surface area contributed by atoms with Crippen molar-refractivity contribution in [3.05, 3.63) is 29.3 Å². The van der Waals surface area contributed by atoms with E-state index in [2.05, 4.69) is 17.1 Å². The van der Waals surface area contributed by atoms with Crippen LogP contribution in [0.3, 0.4) is 0 Å². The Morgan fingerprint density at radius 1 is 1.32 bits per heavy atom. The molecule has 0 saturated carbocycles. The van der Waals surface area contributed by atoms with Gasteiger partial charge >= 0.3 is 5.22 Å². The van der Waals surface area contributed by atoms with Crippen LogP contribution in [0.1, 0.15) is 19.8 Å². The number of aromatic nitrogens is 2. The molecule has 1 aliphatic heterocycles. The van der Waals surface area contributed by atoms with Gasteiger partial charge in [-0.1, -0.05) is 29.7 Å². The Morgan fingerprint density at radius 3 is 2.72 bits per heavy atom. The second-order valence-corrected chi connectivity index (χ2v) is 8.51. The van der Waals surface area contributed by atoms with Crippen LogP contribution in [0.25, 0.3) is 11.5 Å². The number of carbonyl (C=O) groups is 1. The maximum absolute atomic E-state index is 12.4. The molecule has 0 unspecified atom stereocenters. The van der Waals surface area contributed by atoms with Gasteiger partial charge in [0.1, 0.15) is 5.75 Å². The van der Waals surface area contributed by atoms with E-state index in [1.807, 2.05) is 0 Å². The first-order valence-electron chi connectivity index (χ1n) is 7.95. The van der Waals surface area contributed by atoms with Crippen LogP contribution in [0, 0.1) is 5.92 Å². The number of carbonyl (C=O) groups excluding carboxylic acids is 1. The van der Waals surface area contributed by atoms with Gasteiger partial charge in [-0.05, 0) is 37.0 Å². The zero-order valence-electron chi connectivity index (χ0n) is 13.7. The van der Waals surface area contributed by atoms with Crippen molar-refractivity contribution in [1.29, 1.82) is 0 Å². The molecule has 1 aliphatic rings. The fraction of sp³-hybridized carbons (Fsp3) is 0.438. The maximum atomic E-state index is 12.4. The minimum Gasteiger partial charge on any atom is -0.408 e. The second-order valence-electron chi connectivity index (χ2n) is 6.21. The Balaban J connectivity index is 1.73. The molecule has 0 N–H and O–H groups in total. The highest BCUT2D eigenvalue weighted by molar-refractivity contribution is 7.91. The predicted molar refractivity (Wildman–Crippen MR) is 91.8 cm³/mol. The highest BCUT2D eigenvalue weighted by atomic mass is 35.5. The van der Waals surface area contributed by atoms with Crippen LogP contribution in [0.2, 0.25) is 5.02 Å². The summed E-state index contributed by atoms with van der Waals surface area (Å²) in [5, 5.41) is 7.24. The number of rotatable bonds is 4. The molecule has 1 amide bonds. The molecule has 0 atom stereocenters. The molecule has 7 nitrogen and oxygen atoms in total. The predicted octanol–water partition coefficient (Wildman–Crippen LogP) is 2.42. The van der Waals surface area contributed by atoms with E-state index >= 15 is 0 Å². The monoisotopic (exact) mass is 383 g/mol. The molecular formula is C16H18ClN3O4S. The summed E-state index contributed by atoms with van der Waals surface area (Å²) in [5.41, 5.74) is 0.512. The quantitative estimate of drug-likeness (QED) is 0.804. The number of sulfone groups is 1. The normalized spacial score (nSPS) is 16.2. The molecule has 0 radical (unpaired) electrons. The minimum atomic E-state index is -3.98. The van der Waals surface area contributed by atoms with E-state index in [-0.39, 0.29) is 5.89 Å². The van der Waals surface area contributed by atoms with Crippen molar-refractivity contribution in [2.24, 2.45) is 5.92 Å². The molecule has 3 rings (SSSR count). The molecule has 2 heterocycles. The van der Waals surface area contributed by atoms with Gasteiger partial charge in [-0.25, -0.2) is 8.42 Å². The standard InChI is InChI=1S/C16H18ClN3O4S/c1-11-5-7-20(8-6-11)14(21)10-25(22,23)16-19-18-15(24-16)12-3-2-4-13(17)9-12/h2-4,9,11H,5-8,10H2,1H3. The van der Waals surface area contributed by atoms with Crippen LogP contribution in [-0.4, -0.2) is 48.3 Å². The second kappa shape index (κ2) is 7.13. The van der Waals surface area contributed by atoms with Gasteiger partial charge in [0, 0.05) is 23.7 Å². The largest absolute Gasteiger partial charge is 0.408 e. The molecule has 0 aliphatic carbocycles. The molecule has 25 heavy (non-hydrogen) atoms. The fourth-order valence-corrected chi connectivity index (χ4v) is 3.84. The third kappa shape index (κ3) is 4.19. The van der Waals surface area contributed by atoms with Crippen molar-refractivity contribution >= 4 is 27.3 Å². The summed E-state index contributed by atoms with van der Waals surface area (Å²) >= 11 is 5.90. The summed E-state index contributed by atoms with van der Waals surface area (Å²) in [6.45, 7) is 3.27. The summed E-state index contributed by atoms with van der Waals surface area (Å²) in [7, 11) is -3.98. The Morgan fingerprint density at radius 2 is 2.04 bits per heavy atom. The first kappa shape index (κ1) is 17.9. The molecule has 134 valence electrons. The highest BCUT2D eigenvalue weighted by Crippen LogP contribution is 2.23. The van der Waals surface area contributed by atoms with Crippen molar-refractivity contribution in [2.45, 2.75) is 25.0 Å². The summed E-state index contributed by atoms with van der Waals surface area (Å²) < 4.78 is 30.0. The lowest BCUT2D eigenvalue weighted by Gasteiger charge is -2.30. The van der Waals surface area contributed by atoms with Crippen molar-refractivity contribution in [1.82, 2.24) is 15.1 Å². The van der Waals surface area contributed by atoms with Crippen LogP contribution in [-0.2, 0) is 14.6 Å². The van der Waals surface area contributed by atoms with Gasteiger partial charge in [-0.15, -0.1) is 5.10 Å². The number of nitrogens with zero attached hydrogens (tertiary/aromatic N) is 3. The zero-order chi connectivity index (χ0) is 18.0. The zero-order valence-corrected chi connectivity index (χ0v) is 15.3. The molecule has 0 bridgehead atoms. The molecule has 1 saturated heterocycles. The lowest BCUT2D eigenvalue weighted by molar-refractivity contribution is -0.129. The van der Waals surface area contributed by atoms with Crippen molar-refractivity contribution in [3.63, 3.8) is 0 Å². The lowest BCUT2D eigenvalue weighted by Crippen LogP contribution is -2.41. The van der Waals surface area contributed by atoms with Gasteiger partial charge in [0.25, 0.3) is 0 Å². The number of likely N-dealkylation sites (tertiary alicyclic amines) is 1. The molecule has 2 aromatic rings. The lowest BCUT2D eigenvalue weighted by atomic mass is 9.99. The average Bonchev–Trinajstić information content (AvgIpc) is 3.06. The minimum absolute atomic E-state index is 0.0420. The number of hydrogen-bond acceptors (Lipinski definition) is 6.